The Hall–Kier alpha value is -2.07. The third-order valence-corrected chi connectivity index (χ3v) is 3.33. The highest BCUT2D eigenvalue weighted by Gasteiger charge is 2.20. The molecule has 106 valence electrons. The van der Waals surface area contributed by atoms with Gasteiger partial charge in [-0.25, -0.2) is 4.79 Å². The lowest BCUT2D eigenvalue weighted by molar-refractivity contribution is 0.0562. The van der Waals surface area contributed by atoms with Gasteiger partial charge in [0.15, 0.2) is 0 Å². The van der Waals surface area contributed by atoms with E-state index >= 15 is 0 Å². The maximum Gasteiger partial charge on any atom is 0.373 e. The zero-order chi connectivity index (χ0) is 14.7. The molecule has 0 amide bonds. The monoisotopic (exact) mass is 273 g/mol. The molecule has 2 rings (SSSR count). The van der Waals surface area contributed by atoms with Crippen molar-refractivity contribution >= 4 is 5.97 Å². The van der Waals surface area contributed by atoms with Gasteiger partial charge in [-0.05, 0) is 44.2 Å². The Kier molecular flexibility index (Phi) is 4.25. The average molecular weight is 273 g/mol. The second-order valence-corrected chi connectivity index (χ2v) is 4.78. The van der Waals surface area contributed by atoms with Gasteiger partial charge in [0.05, 0.1) is 13.2 Å². The fourth-order valence-electron chi connectivity index (χ4n) is 2.24. The van der Waals surface area contributed by atoms with Gasteiger partial charge >= 0.3 is 5.97 Å². The van der Waals surface area contributed by atoms with E-state index in [1.165, 1.54) is 18.2 Å². The van der Waals surface area contributed by atoms with Crippen molar-refractivity contribution < 1.29 is 13.9 Å². The molecule has 4 nitrogen and oxygen atoms in total. The van der Waals surface area contributed by atoms with Crippen molar-refractivity contribution in [2.24, 2.45) is 0 Å². The van der Waals surface area contributed by atoms with E-state index < -0.39 is 5.97 Å². The van der Waals surface area contributed by atoms with Crippen LogP contribution in [-0.2, 0) is 4.74 Å². The molecular formula is C16H19NO3. The molecule has 0 fully saturated rings. The Morgan fingerprint density at radius 2 is 2.00 bits per heavy atom. The first kappa shape index (κ1) is 14.3. The minimum atomic E-state index is -0.466. The van der Waals surface area contributed by atoms with Crippen molar-refractivity contribution in [1.82, 2.24) is 5.32 Å². The lowest BCUT2D eigenvalue weighted by Crippen LogP contribution is -2.18. The first-order chi connectivity index (χ1) is 9.56. The van der Waals surface area contributed by atoms with E-state index in [0.29, 0.717) is 5.76 Å². The Bertz CT molecular complexity index is 616. The van der Waals surface area contributed by atoms with Crippen LogP contribution in [0.1, 0.15) is 39.0 Å². The van der Waals surface area contributed by atoms with E-state index in [-0.39, 0.29) is 11.8 Å². The van der Waals surface area contributed by atoms with Crippen molar-refractivity contribution in [3.63, 3.8) is 0 Å². The second-order valence-electron chi connectivity index (χ2n) is 4.78. The summed E-state index contributed by atoms with van der Waals surface area (Å²) < 4.78 is 10.3. The summed E-state index contributed by atoms with van der Waals surface area (Å²) in [5.41, 5.74) is 3.50. The van der Waals surface area contributed by atoms with Crippen molar-refractivity contribution in [3.05, 3.63) is 58.5 Å². The molecule has 1 atom stereocenters. The van der Waals surface area contributed by atoms with Crippen LogP contribution in [0.4, 0.5) is 0 Å². The Balaban J connectivity index is 2.39. The van der Waals surface area contributed by atoms with Gasteiger partial charge in [-0.2, -0.15) is 0 Å². The van der Waals surface area contributed by atoms with Crippen LogP contribution in [0.5, 0.6) is 0 Å². The minimum Gasteiger partial charge on any atom is -0.463 e. The van der Waals surface area contributed by atoms with E-state index in [4.69, 9.17) is 4.42 Å². The smallest absolute Gasteiger partial charge is 0.373 e. The van der Waals surface area contributed by atoms with E-state index in [1.807, 2.05) is 7.05 Å². The van der Waals surface area contributed by atoms with Crippen LogP contribution < -0.4 is 5.32 Å². The molecular weight excluding hydrogens is 254 g/mol. The first-order valence-corrected chi connectivity index (χ1v) is 6.49. The van der Waals surface area contributed by atoms with Crippen LogP contribution in [-0.4, -0.2) is 20.1 Å². The SMILES string of the molecule is CNC(c1ccc(C(=O)OC)o1)c1cc(C)ccc1C. The summed E-state index contributed by atoms with van der Waals surface area (Å²) in [6, 6.07) is 9.63. The predicted octanol–water partition coefficient (Wildman–Crippen LogP) is 2.99. The number of nitrogens with one attached hydrogen (secondary N) is 1. The van der Waals surface area contributed by atoms with Crippen LogP contribution in [0.2, 0.25) is 0 Å². The molecule has 4 heteroatoms. The van der Waals surface area contributed by atoms with Gasteiger partial charge in [0.2, 0.25) is 5.76 Å². The van der Waals surface area contributed by atoms with Gasteiger partial charge in [-0.1, -0.05) is 23.8 Å². The maximum atomic E-state index is 11.5. The third-order valence-electron chi connectivity index (χ3n) is 3.33. The zero-order valence-electron chi connectivity index (χ0n) is 12.2. The van der Waals surface area contributed by atoms with Crippen molar-refractivity contribution in [3.8, 4) is 0 Å². The molecule has 0 saturated carbocycles. The molecule has 0 spiro atoms. The van der Waals surface area contributed by atoms with E-state index in [0.717, 1.165) is 5.56 Å². The number of carbonyl (C=O) groups is 1. The number of rotatable bonds is 4. The molecule has 1 N–H and O–H groups in total. The van der Waals surface area contributed by atoms with Gasteiger partial charge in [0.25, 0.3) is 0 Å². The van der Waals surface area contributed by atoms with Gasteiger partial charge in [-0.15, -0.1) is 0 Å². The first-order valence-electron chi connectivity index (χ1n) is 6.49. The van der Waals surface area contributed by atoms with Crippen LogP contribution in [0, 0.1) is 13.8 Å². The van der Waals surface area contributed by atoms with E-state index in [1.54, 1.807) is 12.1 Å². The molecule has 1 heterocycles. The van der Waals surface area contributed by atoms with Gasteiger partial charge < -0.3 is 14.5 Å². The molecule has 0 aliphatic carbocycles. The van der Waals surface area contributed by atoms with E-state index in [2.05, 4.69) is 42.1 Å². The van der Waals surface area contributed by atoms with Crippen molar-refractivity contribution in [2.45, 2.75) is 19.9 Å². The summed E-state index contributed by atoms with van der Waals surface area (Å²) in [4.78, 5) is 11.5. The molecule has 0 radical (unpaired) electrons. The Labute approximate surface area is 118 Å². The number of esters is 1. The number of hydrogen-bond donors (Lipinski definition) is 1. The number of hydrogen-bond acceptors (Lipinski definition) is 4. The summed E-state index contributed by atoms with van der Waals surface area (Å²) in [5, 5.41) is 3.23. The Morgan fingerprint density at radius 3 is 2.65 bits per heavy atom. The third kappa shape index (κ3) is 2.75. The minimum absolute atomic E-state index is 0.0895. The highest BCUT2D eigenvalue weighted by Crippen LogP contribution is 2.27. The molecule has 0 aliphatic heterocycles. The molecule has 1 unspecified atom stereocenters. The van der Waals surface area contributed by atoms with Gasteiger partial charge in [0.1, 0.15) is 5.76 Å². The summed E-state index contributed by atoms with van der Waals surface area (Å²) in [7, 11) is 3.21. The maximum absolute atomic E-state index is 11.5. The van der Waals surface area contributed by atoms with Crippen LogP contribution in [0.25, 0.3) is 0 Å². The highest BCUT2D eigenvalue weighted by atomic mass is 16.5. The molecule has 1 aromatic heterocycles. The van der Waals surface area contributed by atoms with Crippen molar-refractivity contribution in [1.29, 1.82) is 0 Å². The normalized spacial score (nSPS) is 12.2. The van der Waals surface area contributed by atoms with E-state index in [9.17, 15) is 4.79 Å². The quantitative estimate of drug-likeness (QED) is 0.870. The zero-order valence-corrected chi connectivity index (χ0v) is 12.2. The fraction of sp³-hybridized carbons (Fsp3) is 0.312. The number of methoxy groups -OCH3 is 1. The molecule has 0 saturated heterocycles. The topological polar surface area (TPSA) is 51.5 Å². The number of furan rings is 1. The Morgan fingerprint density at radius 1 is 1.25 bits per heavy atom. The lowest BCUT2D eigenvalue weighted by atomic mass is 9.97. The van der Waals surface area contributed by atoms with Crippen LogP contribution in [0.15, 0.2) is 34.7 Å². The standard InChI is InChI=1S/C16H19NO3/c1-10-5-6-11(2)12(9-10)15(17-3)13-7-8-14(20-13)16(18)19-4/h5-9,15,17H,1-4H3. The largest absolute Gasteiger partial charge is 0.463 e. The molecule has 0 aliphatic rings. The molecule has 1 aromatic carbocycles. The number of benzene rings is 1. The molecule has 2 aromatic rings. The lowest BCUT2D eigenvalue weighted by Gasteiger charge is -2.17. The number of aryl methyl sites for hydroxylation is 2. The summed E-state index contributed by atoms with van der Waals surface area (Å²) in [6.45, 7) is 4.11. The van der Waals surface area contributed by atoms with Gasteiger partial charge in [0, 0.05) is 0 Å². The summed E-state index contributed by atoms with van der Waals surface area (Å²) in [6.07, 6.45) is 0. The van der Waals surface area contributed by atoms with Crippen LogP contribution >= 0.6 is 0 Å². The average Bonchev–Trinajstić information content (AvgIpc) is 2.92. The number of ether oxygens (including phenoxy) is 1. The highest BCUT2D eigenvalue weighted by molar-refractivity contribution is 5.86. The van der Waals surface area contributed by atoms with Gasteiger partial charge in [-0.3, -0.25) is 0 Å². The second kappa shape index (κ2) is 5.92. The predicted molar refractivity (Wildman–Crippen MR) is 76.9 cm³/mol. The summed E-state index contributed by atoms with van der Waals surface area (Å²) >= 11 is 0. The summed E-state index contributed by atoms with van der Waals surface area (Å²) in [5.74, 6) is 0.446. The van der Waals surface area contributed by atoms with Crippen molar-refractivity contribution in [2.75, 3.05) is 14.2 Å². The number of carbonyl (C=O) groups excluding carboxylic acids is 1. The molecule has 20 heavy (non-hydrogen) atoms. The fourth-order valence-corrected chi connectivity index (χ4v) is 2.24. The molecule has 0 bridgehead atoms. The van der Waals surface area contributed by atoms with Crippen LogP contribution in [0.3, 0.4) is 0 Å².